The molecular weight excluding hydrogens is 371 g/mol. The van der Waals surface area contributed by atoms with Gasteiger partial charge < -0.3 is 5.32 Å². The van der Waals surface area contributed by atoms with Gasteiger partial charge in [-0.15, -0.1) is 5.10 Å². The number of amides is 3. The second-order valence-corrected chi connectivity index (χ2v) is 7.83. The number of imide groups is 1. The second kappa shape index (κ2) is 8.36. The standard InChI is InChI=1S/C14H15FN4O2S3/c1-8(2)16-12(21)17-11(20)7-23-13-18-19(14(22)24-13)10-5-3-9(15)4-6-10/h3-6,8H,7H2,1-2H3,(H2,16,17,20,21). The fourth-order valence-electron chi connectivity index (χ4n) is 1.65. The Balaban J connectivity index is 1.96. The predicted molar refractivity (Wildman–Crippen MR) is 94.8 cm³/mol. The maximum absolute atomic E-state index is 13.0. The van der Waals surface area contributed by atoms with Crippen LogP contribution in [0, 0.1) is 9.77 Å². The highest BCUT2D eigenvalue weighted by atomic mass is 32.2. The Morgan fingerprint density at radius 1 is 1.38 bits per heavy atom. The maximum atomic E-state index is 13.0. The number of carbonyl (C=O) groups excluding carboxylic acids is 2. The average Bonchev–Trinajstić information content (AvgIpc) is 2.86. The monoisotopic (exact) mass is 386 g/mol. The SMILES string of the molecule is CC(C)NC(=O)NC(=O)CSc1nn(-c2ccc(F)cc2)c(=S)s1. The molecule has 0 saturated heterocycles. The van der Waals surface area contributed by atoms with Crippen molar-refractivity contribution in [3.05, 3.63) is 34.0 Å². The minimum absolute atomic E-state index is 0.0389. The second-order valence-electron chi connectivity index (χ2n) is 4.99. The molecule has 0 unspecified atom stereocenters. The number of nitrogens with zero attached hydrogens (tertiary/aromatic N) is 2. The zero-order valence-electron chi connectivity index (χ0n) is 12.9. The average molecular weight is 386 g/mol. The van der Waals surface area contributed by atoms with E-state index in [2.05, 4.69) is 15.7 Å². The zero-order chi connectivity index (χ0) is 17.7. The van der Waals surface area contributed by atoms with Crippen molar-refractivity contribution < 1.29 is 14.0 Å². The number of urea groups is 1. The summed E-state index contributed by atoms with van der Waals surface area (Å²) in [7, 11) is 0. The molecule has 2 N–H and O–H groups in total. The molecule has 0 atom stereocenters. The van der Waals surface area contributed by atoms with Crippen LogP contribution in [0.5, 0.6) is 0 Å². The summed E-state index contributed by atoms with van der Waals surface area (Å²) in [5, 5.41) is 9.10. The van der Waals surface area contributed by atoms with Gasteiger partial charge in [0.05, 0.1) is 11.4 Å². The van der Waals surface area contributed by atoms with Crippen molar-refractivity contribution >= 4 is 47.3 Å². The van der Waals surface area contributed by atoms with E-state index in [1.54, 1.807) is 26.0 Å². The normalized spacial score (nSPS) is 10.7. The molecule has 6 nitrogen and oxygen atoms in total. The van der Waals surface area contributed by atoms with Gasteiger partial charge in [-0.1, -0.05) is 23.1 Å². The molecule has 0 aliphatic rings. The Hall–Kier alpha value is -1.78. The van der Waals surface area contributed by atoms with Crippen LogP contribution in [0.25, 0.3) is 5.69 Å². The van der Waals surface area contributed by atoms with Gasteiger partial charge in [0.2, 0.25) is 5.91 Å². The first kappa shape index (κ1) is 18.6. The highest BCUT2D eigenvalue weighted by Crippen LogP contribution is 2.23. The van der Waals surface area contributed by atoms with Crippen LogP contribution in [-0.4, -0.2) is 33.5 Å². The lowest BCUT2D eigenvalue weighted by Gasteiger charge is -2.08. The highest BCUT2D eigenvalue weighted by molar-refractivity contribution is 8.01. The Labute approximate surface area is 151 Å². The summed E-state index contributed by atoms with van der Waals surface area (Å²) in [5.74, 6) is -0.726. The van der Waals surface area contributed by atoms with E-state index in [0.29, 0.717) is 14.0 Å². The van der Waals surface area contributed by atoms with Gasteiger partial charge in [0.15, 0.2) is 8.29 Å². The number of benzene rings is 1. The molecule has 10 heteroatoms. The molecule has 3 amide bonds. The van der Waals surface area contributed by atoms with Gasteiger partial charge in [-0.25, -0.2) is 13.9 Å². The number of aromatic nitrogens is 2. The molecule has 0 saturated carbocycles. The number of nitrogens with one attached hydrogen (secondary N) is 2. The van der Waals surface area contributed by atoms with Crippen LogP contribution in [0.2, 0.25) is 0 Å². The number of hydrogen-bond donors (Lipinski definition) is 2. The molecule has 1 aromatic heterocycles. The minimum atomic E-state index is -0.528. The van der Waals surface area contributed by atoms with Crippen LogP contribution >= 0.6 is 35.3 Å². The summed E-state index contributed by atoms with van der Waals surface area (Å²) in [6.45, 7) is 3.60. The first-order valence-electron chi connectivity index (χ1n) is 6.94. The summed E-state index contributed by atoms with van der Waals surface area (Å²) < 4.78 is 15.5. The van der Waals surface area contributed by atoms with Crippen molar-refractivity contribution in [2.75, 3.05) is 5.75 Å². The summed E-state index contributed by atoms with van der Waals surface area (Å²) in [6, 6.07) is 5.21. The van der Waals surface area contributed by atoms with E-state index in [9.17, 15) is 14.0 Å². The number of halogens is 1. The van der Waals surface area contributed by atoms with Crippen LogP contribution < -0.4 is 10.6 Å². The van der Waals surface area contributed by atoms with Crippen molar-refractivity contribution in [3.8, 4) is 5.69 Å². The fourth-order valence-corrected chi connectivity index (χ4v) is 3.81. The maximum Gasteiger partial charge on any atom is 0.321 e. The molecule has 0 fully saturated rings. The third-order valence-electron chi connectivity index (χ3n) is 2.60. The minimum Gasteiger partial charge on any atom is -0.336 e. The lowest BCUT2D eigenvalue weighted by Crippen LogP contribution is -2.43. The summed E-state index contributed by atoms with van der Waals surface area (Å²) in [4.78, 5) is 23.1. The molecule has 1 aromatic carbocycles. The van der Waals surface area contributed by atoms with E-state index in [0.717, 1.165) is 0 Å². The molecule has 1 heterocycles. The van der Waals surface area contributed by atoms with E-state index in [1.807, 2.05) is 0 Å². The van der Waals surface area contributed by atoms with Crippen molar-refractivity contribution in [1.82, 2.24) is 20.4 Å². The molecule has 128 valence electrons. The van der Waals surface area contributed by atoms with E-state index >= 15 is 0 Å². The van der Waals surface area contributed by atoms with Crippen molar-refractivity contribution in [2.24, 2.45) is 0 Å². The Morgan fingerprint density at radius 3 is 2.67 bits per heavy atom. The highest BCUT2D eigenvalue weighted by Gasteiger charge is 2.12. The lowest BCUT2D eigenvalue weighted by atomic mass is 10.3. The molecule has 0 bridgehead atoms. The predicted octanol–water partition coefficient (Wildman–Crippen LogP) is 3.13. The van der Waals surface area contributed by atoms with Crippen LogP contribution in [0.1, 0.15) is 13.8 Å². The van der Waals surface area contributed by atoms with E-state index in [-0.39, 0.29) is 17.6 Å². The van der Waals surface area contributed by atoms with Gasteiger partial charge in [0.25, 0.3) is 0 Å². The largest absolute Gasteiger partial charge is 0.336 e. The first-order chi connectivity index (χ1) is 11.3. The van der Waals surface area contributed by atoms with Gasteiger partial charge in [-0.05, 0) is 50.3 Å². The molecule has 0 aliphatic carbocycles. The van der Waals surface area contributed by atoms with Crippen molar-refractivity contribution in [2.45, 2.75) is 24.2 Å². The summed E-state index contributed by atoms with van der Waals surface area (Å²) in [5.41, 5.74) is 0.644. The Bertz CT molecular complexity index is 786. The molecule has 0 spiro atoms. The zero-order valence-corrected chi connectivity index (χ0v) is 15.4. The molecular formula is C14H15FN4O2S3. The van der Waals surface area contributed by atoms with Crippen molar-refractivity contribution in [3.63, 3.8) is 0 Å². The molecule has 0 aliphatic heterocycles. The van der Waals surface area contributed by atoms with Crippen molar-refractivity contribution in [1.29, 1.82) is 0 Å². The van der Waals surface area contributed by atoms with Gasteiger partial charge >= 0.3 is 6.03 Å². The molecule has 2 aromatic rings. The van der Waals surface area contributed by atoms with Gasteiger partial charge in [0, 0.05) is 6.04 Å². The number of rotatable bonds is 5. The van der Waals surface area contributed by atoms with Gasteiger partial charge in [0.1, 0.15) is 5.82 Å². The third kappa shape index (κ3) is 5.39. The third-order valence-corrected chi connectivity index (χ3v) is 4.97. The quantitative estimate of drug-likeness (QED) is 0.610. The first-order valence-corrected chi connectivity index (χ1v) is 9.15. The van der Waals surface area contributed by atoms with E-state index in [1.165, 1.54) is 39.9 Å². The Morgan fingerprint density at radius 2 is 2.04 bits per heavy atom. The van der Waals surface area contributed by atoms with Crippen LogP contribution in [0.3, 0.4) is 0 Å². The summed E-state index contributed by atoms with van der Waals surface area (Å²) in [6.07, 6.45) is 0. The molecule has 2 rings (SSSR count). The number of carbonyl (C=O) groups is 2. The lowest BCUT2D eigenvalue weighted by molar-refractivity contribution is -0.117. The molecule has 24 heavy (non-hydrogen) atoms. The Kier molecular flexibility index (Phi) is 6.46. The van der Waals surface area contributed by atoms with Gasteiger partial charge in [-0.3, -0.25) is 10.1 Å². The number of hydrogen-bond acceptors (Lipinski definition) is 6. The van der Waals surface area contributed by atoms with Gasteiger partial charge in [-0.2, -0.15) is 0 Å². The molecule has 0 radical (unpaired) electrons. The smallest absolute Gasteiger partial charge is 0.321 e. The van der Waals surface area contributed by atoms with E-state index in [4.69, 9.17) is 12.2 Å². The van der Waals surface area contributed by atoms with Crippen LogP contribution in [0.4, 0.5) is 9.18 Å². The van der Waals surface area contributed by atoms with E-state index < -0.39 is 11.9 Å². The van der Waals surface area contributed by atoms with Crippen LogP contribution in [-0.2, 0) is 4.79 Å². The van der Waals surface area contributed by atoms with Crippen LogP contribution in [0.15, 0.2) is 28.6 Å². The fraction of sp³-hybridized carbons (Fsp3) is 0.286. The summed E-state index contributed by atoms with van der Waals surface area (Å²) >= 11 is 7.65. The topological polar surface area (TPSA) is 76.0 Å². The number of thioether (sulfide) groups is 1.